The van der Waals surface area contributed by atoms with Gasteiger partial charge in [0, 0.05) is 6.04 Å². The van der Waals surface area contributed by atoms with Gasteiger partial charge in [-0.25, -0.2) is 0 Å². The zero-order valence-electron chi connectivity index (χ0n) is 15.7. The van der Waals surface area contributed by atoms with Crippen molar-refractivity contribution in [3.05, 3.63) is 24.3 Å². The van der Waals surface area contributed by atoms with Gasteiger partial charge in [0.1, 0.15) is 5.75 Å². The SMILES string of the molecule is CC(C)CC[C@@H](C)NC(=O)CSc1nnnn1-c1ccc(OC(F)(F)F)cc1. The number of halogens is 3. The minimum atomic E-state index is -4.75. The third kappa shape index (κ3) is 7.37. The quantitative estimate of drug-likeness (QED) is 0.628. The van der Waals surface area contributed by atoms with Crippen molar-refractivity contribution in [2.24, 2.45) is 5.92 Å². The number of carbonyl (C=O) groups excluding carboxylic acids is 1. The number of amides is 1. The summed E-state index contributed by atoms with van der Waals surface area (Å²) >= 11 is 1.14. The average molecular weight is 417 g/mol. The number of tetrazole rings is 1. The first-order chi connectivity index (χ1) is 13.1. The summed E-state index contributed by atoms with van der Waals surface area (Å²) in [5.41, 5.74) is 0.452. The molecule has 7 nitrogen and oxygen atoms in total. The van der Waals surface area contributed by atoms with Crippen molar-refractivity contribution in [3.63, 3.8) is 0 Å². The van der Waals surface area contributed by atoms with Crippen molar-refractivity contribution in [2.75, 3.05) is 5.75 Å². The van der Waals surface area contributed by atoms with Crippen LogP contribution in [-0.2, 0) is 4.79 Å². The molecule has 0 aliphatic rings. The number of ether oxygens (including phenoxy) is 1. The van der Waals surface area contributed by atoms with Crippen molar-refractivity contribution < 1.29 is 22.7 Å². The van der Waals surface area contributed by atoms with Crippen molar-refractivity contribution in [3.8, 4) is 11.4 Å². The minimum Gasteiger partial charge on any atom is -0.406 e. The second kappa shape index (κ2) is 9.76. The number of nitrogens with one attached hydrogen (secondary N) is 1. The predicted molar refractivity (Wildman–Crippen MR) is 98.2 cm³/mol. The fourth-order valence-electron chi connectivity index (χ4n) is 2.32. The summed E-state index contributed by atoms with van der Waals surface area (Å²) in [6.07, 6.45) is -2.82. The fraction of sp³-hybridized carbons (Fsp3) is 0.529. The van der Waals surface area contributed by atoms with Crippen molar-refractivity contribution in [1.29, 1.82) is 0 Å². The molecule has 0 saturated carbocycles. The lowest BCUT2D eigenvalue weighted by atomic mass is 10.0. The zero-order chi connectivity index (χ0) is 20.7. The fourth-order valence-corrected chi connectivity index (χ4v) is 3.02. The van der Waals surface area contributed by atoms with E-state index in [0.717, 1.165) is 24.6 Å². The summed E-state index contributed by atoms with van der Waals surface area (Å²) in [5.74, 6) is 0.228. The molecule has 1 atom stereocenters. The Morgan fingerprint density at radius 2 is 1.89 bits per heavy atom. The lowest BCUT2D eigenvalue weighted by molar-refractivity contribution is -0.274. The van der Waals surface area contributed by atoms with E-state index >= 15 is 0 Å². The van der Waals surface area contributed by atoms with Gasteiger partial charge < -0.3 is 10.1 Å². The maximum Gasteiger partial charge on any atom is 0.573 e. The van der Waals surface area contributed by atoms with Crippen molar-refractivity contribution in [2.45, 2.75) is 51.2 Å². The molecule has 2 rings (SSSR count). The summed E-state index contributed by atoms with van der Waals surface area (Å²) in [7, 11) is 0. The van der Waals surface area contributed by atoms with Gasteiger partial charge in [-0.1, -0.05) is 25.6 Å². The third-order valence-electron chi connectivity index (χ3n) is 3.67. The maximum atomic E-state index is 12.2. The second-order valence-corrected chi connectivity index (χ2v) is 7.59. The Morgan fingerprint density at radius 3 is 2.50 bits per heavy atom. The number of aromatic nitrogens is 4. The lowest BCUT2D eigenvalue weighted by Crippen LogP contribution is -2.34. The topological polar surface area (TPSA) is 81.9 Å². The Kier molecular flexibility index (Phi) is 7.67. The molecule has 0 fully saturated rings. The van der Waals surface area contributed by atoms with Gasteiger partial charge in [0.2, 0.25) is 11.1 Å². The van der Waals surface area contributed by atoms with Gasteiger partial charge in [-0.3, -0.25) is 4.79 Å². The standard InChI is InChI=1S/C17H22F3N5O2S/c1-11(2)4-5-12(3)21-15(26)10-28-16-22-23-24-25(16)13-6-8-14(9-7-13)27-17(18,19)20/h6-9,11-12H,4-5,10H2,1-3H3,(H,21,26)/t12-/m1/s1. The highest BCUT2D eigenvalue weighted by molar-refractivity contribution is 7.99. The van der Waals surface area contributed by atoms with Crippen LogP contribution in [0.1, 0.15) is 33.6 Å². The van der Waals surface area contributed by atoms with E-state index in [-0.39, 0.29) is 23.5 Å². The molecule has 1 N–H and O–H groups in total. The van der Waals surface area contributed by atoms with E-state index in [0.29, 0.717) is 16.8 Å². The first-order valence-corrected chi connectivity index (χ1v) is 9.69. The number of thioether (sulfide) groups is 1. The molecular weight excluding hydrogens is 395 g/mol. The summed E-state index contributed by atoms with van der Waals surface area (Å²) < 4.78 is 41.9. The second-order valence-electron chi connectivity index (χ2n) is 6.64. The van der Waals surface area contributed by atoms with E-state index in [4.69, 9.17) is 0 Å². The number of alkyl halides is 3. The predicted octanol–water partition coefficient (Wildman–Crippen LogP) is 3.59. The lowest BCUT2D eigenvalue weighted by Gasteiger charge is -2.14. The molecular formula is C17H22F3N5O2S. The van der Waals surface area contributed by atoms with Gasteiger partial charge in [0.05, 0.1) is 11.4 Å². The normalized spacial score (nSPS) is 12.8. The van der Waals surface area contributed by atoms with Crippen LogP contribution in [0.3, 0.4) is 0 Å². The van der Waals surface area contributed by atoms with Crippen LogP contribution in [0, 0.1) is 5.92 Å². The van der Waals surface area contributed by atoms with Crippen LogP contribution in [0.25, 0.3) is 5.69 Å². The van der Waals surface area contributed by atoms with E-state index in [1.54, 1.807) is 0 Å². The molecule has 11 heteroatoms. The first-order valence-electron chi connectivity index (χ1n) is 8.71. The van der Waals surface area contributed by atoms with Crippen LogP contribution in [0.2, 0.25) is 0 Å². The molecule has 154 valence electrons. The van der Waals surface area contributed by atoms with Crippen molar-refractivity contribution in [1.82, 2.24) is 25.5 Å². The molecule has 2 aromatic rings. The molecule has 0 saturated heterocycles. The van der Waals surface area contributed by atoms with Gasteiger partial charge in [0.15, 0.2) is 0 Å². The van der Waals surface area contributed by atoms with E-state index in [1.807, 2.05) is 6.92 Å². The Morgan fingerprint density at radius 1 is 1.21 bits per heavy atom. The van der Waals surface area contributed by atoms with Gasteiger partial charge in [-0.15, -0.1) is 18.3 Å². The number of carbonyl (C=O) groups is 1. The minimum absolute atomic E-state index is 0.0765. The van der Waals surface area contributed by atoms with Gasteiger partial charge >= 0.3 is 6.36 Å². The molecule has 0 aliphatic carbocycles. The number of hydrogen-bond acceptors (Lipinski definition) is 6. The number of hydrogen-bond donors (Lipinski definition) is 1. The molecule has 0 spiro atoms. The van der Waals surface area contributed by atoms with Crippen LogP contribution < -0.4 is 10.1 Å². The van der Waals surface area contributed by atoms with E-state index in [1.165, 1.54) is 28.9 Å². The molecule has 0 unspecified atom stereocenters. The molecule has 0 aliphatic heterocycles. The summed E-state index contributed by atoms with van der Waals surface area (Å²) in [6, 6.07) is 5.21. The molecule has 0 bridgehead atoms. The van der Waals surface area contributed by atoms with Crippen LogP contribution >= 0.6 is 11.8 Å². The molecule has 1 aromatic carbocycles. The molecule has 1 amide bonds. The molecule has 1 aromatic heterocycles. The average Bonchev–Trinajstić information content (AvgIpc) is 3.06. The highest BCUT2D eigenvalue weighted by Gasteiger charge is 2.31. The van der Waals surface area contributed by atoms with Crippen molar-refractivity contribution >= 4 is 17.7 Å². The summed E-state index contributed by atoms with van der Waals surface area (Å²) in [4.78, 5) is 12.1. The third-order valence-corrected chi connectivity index (χ3v) is 4.59. The molecule has 0 radical (unpaired) electrons. The molecule has 28 heavy (non-hydrogen) atoms. The van der Waals surface area contributed by atoms with Gasteiger partial charge in [0.25, 0.3) is 0 Å². The van der Waals surface area contributed by atoms with E-state index in [9.17, 15) is 18.0 Å². The number of benzene rings is 1. The Labute approximate surface area is 165 Å². The first kappa shape index (κ1) is 22.0. The van der Waals surface area contributed by atoms with Crippen LogP contribution in [0.4, 0.5) is 13.2 Å². The summed E-state index contributed by atoms with van der Waals surface area (Å²) in [6.45, 7) is 6.22. The highest BCUT2D eigenvalue weighted by Crippen LogP contribution is 2.25. The number of nitrogens with zero attached hydrogens (tertiary/aromatic N) is 4. The monoisotopic (exact) mass is 417 g/mol. The zero-order valence-corrected chi connectivity index (χ0v) is 16.5. The van der Waals surface area contributed by atoms with E-state index < -0.39 is 6.36 Å². The Hall–Kier alpha value is -2.30. The Bertz CT molecular complexity index is 765. The molecule has 1 heterocycles. The maximum absolute atomic E-state index is 12.2. The van der Waals surface area contributed by atoms with Crippen LogP contribution in [-0.4, -0.2) is 44.3 Å². The largest absolute Gasteiger partial charge is 0.573 e. The van der Waals surface area contributed by atoms with E-state index in [2.05, 4.69) is 39.4 Å². The smallest absolute Gasteiger partial charge is 0.406 e. The highest BCUT2D eigenvalue weighted by atomic mass is 32.2. The van der Waals surface area contributed by atoms with Crippen LogP contribution in [0.15, 0.2) is 29.4 Å². The summed E-state index contributed by atoms with van der Waals surface area (Å²) in [5, 5.41) is 14.5. The Balaban J connectivity index is 1.92. The number of rotatable bonds is 9. The van der Waals surface area contributed by atoms with Crippen LogP contribution in [0.5, 0.6) is 5.75 Å². The van der Waals surface area contributed by atoms with Gasteiger partial charge in [-0.05, 0) is 60.4 Å². The van der Waals surface area contributed by atoms with Gasteiger partial charge in [-0.2, -0.15) is 4.68 Å².